The van der Waals surface area contributed by atoms with E-state index in [0.717, 1.165) is 19.5 Å². The minimum Gasteiger partial charge on any atom is -0.316 e. The number of rotatable bonds is 4. The maximum Gasteiger partial charge on any atom is 0.243 e. The van der Waals surface area contributed by atoms with E-state index in [-0.39, 0.29) is 27.3 Å². The second-order valence-electron chi connectivity index (χ2n) is 4.41. The molecule has 9 heteroatoms. The molecule has 0 aliphatic carbocycles. The van der Waals surface area contributed by atoms with Crippen LogP contribution in [0.3, 0.4) is 0 Å². The molecule has 0 spiro atoms. The van der Waals surface area contributed by atoms with E-state index in [1.807, 2.05) is 0 Å². The van der Waals surface area contributed by atoms with Crippen LogP contribution in [0.25, 0.3) is 0 Å². The molecule has 1 heterocycles. The summed E-state index contributed by atoms with van der Waals surface area (Å²) in [6, 6.07) is 2.72. The van der Waals surface area contributed by atoms with E-state index in [1.54, 1.807) is 0 Å². The molecule has 0 saturated carbocycles. The Morgan fingerprint density at radius 2 is 1.85 bits per heavy atom. The quantitative estimate of drug-likeness (QED) is 0.845. The third-order valence-electron chi connectivity index (χ3n) is 2.96. The van der Waals surface area contributed by atoms with Crippen LogP contribution in [0.15, 0.2) is 17.0 Å². The fraction of sp³-hybridized carbons (Fsp3) is 0.455. The third-order valence-corrected chi connectivity index (χ3v) is 5.52. The molecule has 0 aromatic heterocycles. The second-order valence-corrected chi connectivity index (χ2v) is 7.36. The van der Waals surface area contributed by atoms with E-state index in [1.165, 1.54) is 12.1 Å². The van der Waals surface area contributed by atoms with E-state index in [4.69, 9.17) is 34.8 Å². The molecule has 1 aliphatic heterocycles. The summed E-state index contributed by atoms with van der Waals surface area (Å²) in [5.74, 6) is 0.291. The van der Waals surface area contributed by atoms with Gasteiger partial charge in [0.25, 0.3) is 0 Å². The molecule has 1 aliphatic rings. The van der Waals surface area contributed by atoms with Gasteiger partial charge in [-0.1, -0.05) is 34.8 Å². The number of hydrogen-bond acceptors (Lipinski definition) is 3. The normalized spacial score (nSPS) is 18.9. The van der Waals surface area contributed by atoms with Gasteiger partial charge < -0.3 is 5.32 Å². The van der Waals surface area contributed by atoms with Gasteiger partial charge in [-0.15, -0.1) is 12.4 Å². The van der Waals surface area contributed by atoms with Gasteiger partial charge in [-0.2, -0.15) is 0 Å². The Kier molecular flexibility index (Phi) is 6.86. The zero-order valence-electron chi connectivity index (χ0n) is 10.3. The van der Waals surface area contributed by atoms with Crippen molar-refractivity contribution in [1.82, 2.24) is 10.0 Å². The maximum atomic E-state index is 12.2. The van der Waals surface area contributed by atoms with Gasteiger partial charge in [0.15, 0.2) is 0 Å². The average Bonchev–Trinajstić information content (AvgIpc) is 2.77. The Morgan fingerprint density at radius 1 is 1.25 bits per heavy atom. The Balaban J connectivity index is 0.00000200. The molecule has 4 nitrogen and oxygen atoms in total. The average molecular weight is 380 g/mol. The summed E-state index contributed by atoms with van der Waals surface area (Å²) in [7, 11) is -3.73. The molecule has 1 unspecified atom stereocenters. The number of sulfonamides is 1. The predicted octanol–water partition coefficient (Wildman–Crippen LogP) is 2.96. The molecule has 0 radical (unpaired) electrons. The first-order chi connectivity index (χ1) is 8.90. The second kappa shape index (κ2) is 7.49. The lowest BCUT2D eigenvalue weighted by Crippen LogP contribution is -2.30. The van der Waals surface area contributed by atoms with Crippen LogP contribution in [-0.4, -0.2) is 28.1 Å². The number of halogens is 4. The van der Waals surface area contributed by atoms with Crippen LogP contribution >= 0.6 is 47.2 Å². The van der Waals surface area contributed by atoms with Crippen molar-refractivity contribution in [3.8, 4) is 0 Å². The summed E-state index contributed by atoms with van der Waals surface area (Å²) in [4.78, 5) is -0.119. The van der Waals surface area contributed by atoms with Crippen LogP contribution in [0.1, 0.15) is 6.42 Å². The monoisotopic (exact) mass is 378 g/mol. The Morgan fingerprint density at radius 3 is 2.35 bits per heavy atom. The van der Waals surface area contributed by atoms with Gasteiger partial charge in [0, 0.05) is 11.6 Å². The number of nitrogens with one attached hydrogen (secondary N) is 2. The van der Waals surface area contributed by atoms with Crippen molar-refractivity contribution in [1.29, 1.82) is 0 Å². The lowest BCUT2D eigenvalue weighted by molar-refractivity contribution is 0.539. The zero-order chi connectivity index (χ0) is 14.0. The van der Waals surface area contributed by atoms with Gasteiger partial charge >= 0.3 is 0 Å². The van der Waals surface area contributed by atoms with E-state index in [0.29, 0.717) is 17.5 Å². The van der Waals surface area contributed by atoms with E-state index < -0.39 is 10.0 Å². The number of hydrogen-bond donors (Lipinski definition) is 2. The van der Waals surface area contributed by atoms with Crippen LogP contribution in [0.4, 0.5) is 0 Å². The van der Waals surface area contributed by atoms with E-state index in [2.05, 4.69) is 10.0 Å². The molecule has 1 fully saturated rings. The molecule has 2 N–H and O–H groups in total. The van der Waals surface area contributed by atoms with Gasteiger partial charge in [0.1, 0.15) is 4.90 Å². The van der Waals surface area contributed by atoms with Crippen molar-refractivity contribution in [3.05, 3.63) is 27.2 Å². The Bertz CT molecular complexity index is 551. The molecule has 0 amide bonds. The van der Waals surface area contributed by atoms with E-state index >= 15 is 0 Å². The van der Waals surface area contributed by atoms with Crippen molar-refractivity contribution in [2.75, 3.05) is 19.6 Å². The van der Waals surface area contributed by atoms with Crippen molar-refractivity contribution in [2.24, 2.45) is 5.92 Å². The Hall–Kier alpha value is 0.250. The van der Waals surface area contributed by atoms with Gasteiger partial charge in [-0.25, -0.2) is 13.1 Å². The molecule has 1 atom stereocenters. The first-order valence-corrected chi connectivity index (χ1v) is 8.37. The van der Waals surface area contributed by atoms with Crippen molar-refractivity contribution < 1.29 is 8.42 Å². The van der Waals surface area contributed by atoms with Crippen LogP contribution in [0.2, 0.25) is 15.1 Å². The highest BCUT2D eigenvalue weighted by atomic mass is 35.5. The molecule has 1 aromatic carbocycles. The van der Waals surface area contributed by atoms with Crippen molar-refractivity contribution >= 4 is 57.2 Å². The van der Waals surface area contributed by atoms with Gasteiger partial charge in [0.05, 0.1) is 10.0 Å². The fourth-order valence-corrected chi connectivity index (χ4v) is 4.63. The molecule has 0 bridgehead atoms. The Labute approximate surface area is 139 Å². The minimum absolute atomic E-state index is 0. The summed E-state index contributed by atoms with van der Waals surface area (Å²) in [5, 5.41) is 3.52. The zero-order valence-corrected chi connectivity index (χ0v) is 14.2. The molecule has 20 heavy (non-hydrogen) atoms. The van der Waals surface area contributed by atoms with Gasteiger partial charge in [-0.05, 0) is 37.6 Å². The first-order valence-electron chi connectivity index (χ1n) is 5.75. The molecule has 114 valence electrons. The van der Waals surface area contributed by atoms with Crippen LogP contribution < -0.4 is 10.0 Å². The highest BCUT2D eigenvalue weighted by molar-refractivity contribution is 7.89. The largest absolute Gasteiger partial charge is 0.316 e. The number of benzene rings is 1. The molecule has 1 aromatic rings. The molecular weight excluding hydrogens is 366 g/mol. The van der Waals surface area contributed by atoms with E-state index in [9.17, 15) is 8.42 Å². The van der Waals surface area contributed by atoms with Crippen LogP contribution in [0.5, 0.6) is 0 Å². The third kappa shape index (κ3) is 4.37. The lowest BCUT2D eigenvalue weighted by atomic mass is 10.1. The maximum absolute atomic E-state index is 12.2. The molecule has 2 rings (SSSR count). The standard InChI is InChI=1S/C11H13Cl3N2O2S.ClH/c12-8-3-9(13)11(10(14)4-8)19(17,18)16-6-7-1-2-15-5-7;/h3-4,7,15-16H,1-2,5-6H2;1H. The van der Waals surface area contributed by atoms with Crippen LogP contribution in [0, 0.1) is 5.92 Å². The fourth-order valence-electron chi connectivity index (χ4n) is 1.97. The minimum atomic E-state index is -3.73. The summed E-state index contributed by atoms with van der Waals surface area (Å²) >= 11 is 17.6. The summed E-state index contributed by atoms with van der Waals surface area (Å²) in [6.45, 7) is 2.09. The highest BCUT2D eigenvalue weighted by Gasteiger charge is 2.24. The molecule has 1 saturated heterocycles. The van der Waals surface area contributed by atoms with Crippen LogP contribution in [-0.2, 0) is 10.0 Å². The van der Waals surface area contributed by atoms with Crippen molar-refractivity contribution in [3.63, 3.8) is 0 Å². The highest BCUT2D eigenvalue weighted by Crippen LogP contribution is 2.32. The summed E-state index contributed by atoms with van der Waals surface area (Å²) in [5.41, 5.74) is 0. The topological polar surface area (TPSA) is 58.2 Å². The first kappa shape index (κ1) is 18.3. The SMILES string of the molecule is Cl.O=S(=O)(NCC1CCNC1)c1c(Cl)cc(Cl)cc1Cl. The lowest BCUT2D eigenvalue weighted by Gasteiger charge is -2.13. The summed E-state index contributed by atoms with van der Waals surface area (Å²) in [6.07, 6.45) is 0.949. The van der Waals surface area contributed by atoms with Crippen molar-refractivity contribution in [2.45, 2.75) is 11.3 Å². The van der Waals surface area contributed by atoms with Gasteiger partial charge in [0.2, 0.25) is 10.0 Å². The molecular formula is C11H14Cl4N2O2S. The van der Waals surface area contributed by atoms with Gasteiger partial charge in [-0.3, -0.25) is 0 Å². The predicted molar refractivity (Wildman–Crippen MR) is 84.9 cm³/mol. The smallest absolute Gasteiger partial charge is 0.243 e. The summed E-state index contributed by atoms with van der Waals surface area (Å²) < 4.78 is 26.9.